The molecule has 3 heterocycles. The fourth-order valence-corrected chi connectivity index (χ4v) is 4.26. The number of rotatable bonds is 1. The molecular weight excluding hydrogens is 292 g/mol. The first-order valence-corrected chi connectivity index (χ1v) is 7.92. The Morgan fingerprint density at radius 2 is 2.05 bits per heavy atom. The van der Waals surface area contributed by atoms with Crippen molar-refractivity contribution >= 4 is 28.6 Å². The van der Waals surface area contributed by atoms with Gasteiger partial charge >= 0.3 is 0 Å². The van der Waals surface area contributed by atoms with E-state index in [0.29, 0.717) is 5.15 Å². The Balaban J connectivity index is 1.92. The molecule has 0 spiro atoms. The maximum absolute atomic E-state index is 5.97. The second kappa shape index (κ2) is 4.53. The Bertz CT molecular complexity index is 781. The molecule has 0 N–H and O–H groups in total. The molecule has 0 amide bonds. The van der Waals surface area contributed by atoms with Crippen molar-refractivity contribution in [2.75, 3.05) is 0 Å². The summed E-state index contributed by atoms with van der Waals surface area (Å²) >= 11 is 7.81. The molecule has 0 radical (unpaired) electrons. The van der Waals surface area contributed by atoms with Gasteiger partial charge < -0.3 is 0 Å². The summed E-state index contributed by atoms with van der Waals surface area (Å²) < 4.78 is 1.98. The number of thiophene rings is 1. The van der Waals surface area contributed by atoms with Crippen molar-refractivity contribution in [2.24, 2.45) is 0 Å². The minimum atomic E-state index is 0.458. The first-order chi connectivity index (χ1) is 9.72. The van der Waals surface area contributed by atoms with Gasteiger partial charge in [0.05, 0.1) is 4.88 Å². The van der Waals surface area contributed by atoms with E-state index in [1.807, 2.05) is 22.7 Å². The van der Waals surface area contributed by atoms with Crippen molar-refractivity contribution in [1.82, 2.24) is 19.6 Å². The van der Waals surface area contributed by atoms with Crippen LogP contribution in [0, 0.1) is 6.92 Å². The van der Waals surface area contributed by atoms with E-state index in [0.717, 1.165) is 17.3 Å². The van der Waals surface area contributed by atoms with Crippen LogP contribution in [0.3, 0.4) is 0 Å². The van der Waals surface area contributed by atoms with E-state index >= 15 is 0 Å². The Morgan fingerprint density at radius 3 is 2.90 bits per heavy atom. The van der Waals surface area contributed by atoms with E-state index in [4.69, 9.17) is 11.6 Å². The van der Waals surface area contributed by atoms with Crippen molar-refractivity contribution in [3.63, 3.8) is 0 Å². The molecule has 0 fully saturated rings. The average molecular weight is 305 g/mol. The first kappa shape index (κ1) is 12.3. The number of aryl methyl sites for hydroxylation is 3. The minimum absolute atomic E-state index is 0.458. The quantitative estimate of drug-likeness (QED) is 0.644. The van der Waals surface area contributed by atoms with E-state index in [9.17, 15) is 0 Å². The highest BCUT2D eigenvalue weighted by molar-refractivity contribution is 7.15. The third-order valence-electron chi connectivity index (χ3n) is 3.75. The summed E-state index contributed by atoms with van der Waals surface area (Å²) in [5, 5.41) is 9.01. The lowest BCUT2D eigenvalue weighted by molar-refractivity contribution is 0.697. The van der Waals surface area contributed by atoms with Gasteiger partial charge in [-0.05, 0) is 44.2 Å². The lowest BCUT2D eigenvalue weighted by Gasteiger charge is -2.08. The number of nitrogens with zero attached hydrogens (tertiary/aromatic N) is 4. The highest BCUT2D eigenvalue weighted by atomic mass is 35.5. The molecule has 4 nitrogen and oxygen atoms in total. The van der Waals surface area contributed by atoms with Gasteiger partial charge in [-0.15, -0.1) is 21.5 Å². The smallest absolute Gasteiger partial charge is 0.179 e. The van der Waals surface area contributed by atoms with Gasteiger partial charge in [0.2, 0.25) is 0 Å². The third-order valence-corrected chi connectivity index (χ3v) is 5.17. The molecule has 0 bridgehead atoms. The summed E-state index contributed by atoms with van der Waals surface area (Å²) in [6.07, 6.45) is 4.97. The Kier molecular flexibility index (Phi) is 2.79. The van der Waals surface area contributed by atoms with Gasteiger partial charge in [-0.3, -0.25) is 4.40 Å². The van der Waals surface area contributed by atoms with Gasteiger partial charge in [0, 0.05) is 10.9 Å². The SMILES string of the molecule is Cc1nc(Cl)cc2nnc(-c3cc4c(s3)CCCC4)n12. The van der Waals surface area contributed by atoms with Gasteiger partial charge in [0.1, 0.15) is 11.0 Å². The van der Waals surface area contributed by atoms with Crippen LogP contribution < -0.4 is 0 Å². The summed E-state index contributed by atoms with van der Waals surface area (Å²) in [5.41, 5.74) is 2.23. The van der Waals surface area contributed by atoms with Crippen LogP contribution in [0.5, 0.6) is 0 Å². The fourth-order valence-electron chi connectivity index (χ4n) is 2.81. The van der Waals surface area contributed by atoms with Crippen molar-refractivity contribution in [3.8, 4) is 10.7 Å². The molecule has 4 rings (SSSR count). The molecule has 20 heavy (non-hydrogen) atoms. The van der Waals surface area contributed by atoms with E-state index in [1.165, 1.54) is 41.0 Å². The Labute approximate surface area is 125 Å². The summed E-state index contributed by atoms with van der Waals surface area (Å²) in [6.45, 7) is 1.93. The van der Waals surface area contributed by atoms with Crippen LogP contribution >= 0.6 is 22.9 Å². The molecule has 6 heteroatoms. The second-order valence-electron chi connectivity index (χ2n) is 5.11. The predicted octanol–water partition coefficient (Wildman–Crippen LogP) is 3.69. The van der Waals surface area contributed by atoms with Crippen molar-refractivity contribution in [1.29, 1.82) is 0 Å². The average Bonchev–Trinajstić information content (AvgIpc) is 3.00. The van der Waals surface area contributed by atoms with Gasteiger partial charge in [-0.1, -0.05) is 11.6 Å². The molecule has 0 atom stereocenters. The molecule has 0 saturated carbocycles. The van der Waals surface area contributed by atoms with Crippen LogP contribution in [0.2, 0.25) is 5.15 Å². The summed E-state index contributed by atoms with van der Waals surface area (Å²) in [5.74, 6) is 1.69. The lowest BCUT2D eigenvalue weighted by Crippen LogP contribution is -1.97. The molecule has 102 valence electrons. The highest BCUT2D eigenvalue weighted by Gasteiger charge is 2.18. The van der Waals surface area contributed by atoms with Crippen LogP contribution in [-0.4, -0.2) is 19.6 Å². The largest absolute Gasteiger partial charge is 0.262 e. The van der Waals surface area contributed by atoms with Gasteiger partial charge in [-0.2, -0.15) is 0 Å². The van der Waals surface area contributed by atoms with E-state index < -0.39 is 0 Å². The Morgan fingerprint density at radius 1 is 1.20 bits per heavy atom. The fraction of sp³-hybridized carbons (Fsp3) is 0.357. The maximum Gasteiger partial charge on any atom is 0.179 e. The molecule has 0 unspecified atom stereocenters. The molecule has 3 aromatic rings. The second-order valence-corrected chi connectivity index (χ2v) is 6.63. The van der Waals surface area contributed by atoms with E-state index in [1.54, 1.807) is 6.07 Å². The number of hydrogen-bond acceptors (Lipinski definition) is 4. The van der Waals surface area contributed by atoms with Gasteiger partial charge in [0.15, 0.2) is 11.5 Å². The number of halogens is 1. The zero-order valence-electron chi connectivity index (χ0n) is 11.1. The molecule has 1 aliphatic rings. The molecule has 0 aromatic carbocycles. The van der Waals surface area contributed by atoms with E-state index in [2.05, 4.69) is 21.2 Å². The topological polar surface area (TPSA) is 43.1 Å². The monoisotopic (exact) mass is 304 g/mol. The van der Waals surface area contributed by atoms with Crippen LogP contribution in [0.25, 0.3) is 16.3 Å². The zero-order chi connectivity index (χ0) is 13.7. The normalized spacial score (nSPS) is 14.7. The number of hydrogen-bond donors (Lipinski definition) is 0. The molecule has 3 aromatic heterocycles. The van der Waals surface area contributed by atoms with Crippen LogP contribution in [0.4, 0.5) is 0 Å². The molecule has 0 saturated heterocycles. The van der Waals surface area contributed by atoms with Crippen LogP contribution in [0.15, 0.2) is 12.1 Å². The van der Waals surface area contributed by atoms with Gasteiger partial charge in [-0.25, -0.2) is 4.98 Å². The molecular formula is C14H13ClN4S. The van der Waals surface area contributed by atoms with Crippen LogP contribution in [-0.2, 0) is 12.8 Å². The predicted molar refractivity (Wildman–Crippen MR) is 80.5 cm³/mol. The molecule has 0 aliphatic heterocycles. The highest BCUT2D eigenvalue weighted by Crippen LogP contribution is 2.35. The van der Waals surface area contributed by atoms with Gasteiger partial charge in [0.25, 0.3) is 0 Å². The maximum atomic E-state index is 5.97. The summed E-state index contributed by atoms with van der Waals surface area (Å²) in [7, 11) is 0. The van der Waals surface area contributed by atoms with E-state index in [-0.39, 0.29) is 0 Å². The molecule has 1 aliphatic carbocycles. The van der Waals surface area contributed by atoms with Crippen molar-refractivity contribution in [3.05, 3.63) is 33.6 Å². The lowest BCUT2D eigenvalue weighted by atomic mass is 9.99. The number of aromatic nitrogens is 4. The third kappa shape index (κ3) is 1.84. The Hall–Kier alpha value is -1.46. The number of fused-ring (bicyclic) bond motifs is 2. The standard InChI is InChI=1S/C14H13ClN4S/c1-8-16-12(15)7-13-17-18-14(19(8)13)11-6-9-4-2-3-5-10(9)20-11/h6-7H,2-5H2,1H3. The zero-order valence-corrected chi connectivity index (χ0v) is 12.6. The summed E-state index contributed by atoms with van der Waals surface area (Å²) in [4.78, 5) is 6.97. The van der Waals surface area contributed by atoms with Crippen molar-refractivity contribution < 1.29 is 0 Å². The van der Waals surface area contributed by atoms with Crippen molar-refractivity contribution in [2.45, 2.75) is 32.6 Å². The summed E-state index contributed by atoms with van der Waals surface area (Å²) in [6, 6.07) is 4.02. The minimum Gasteiger partial charge on any atom is -0.262 e. The first-order valence-electron chi connectivity index (χ1n) is 6.72. The van der Waals surface area contributed by atoms with Crippen LogP contribution in [0.1, 0.15) is 29.1 Å².